The van der Waals surface area contributed by atoms with Gasteiger partial charge in [-0.2, -0.15) is 0 Å². The molecule has 2 aliphatic rings. The Labute approximate surface area is 127 Å². The van der Waals surface area contributed by atoms with E-state index in [1.807, 2.05) is 17.0 Å². The average Bonchev–Trinajstić information content (AvgIpc) is 3.03. The van der Waals surface area contributed by atoms with Crippen LogP contribution in [0.5, 0.6) is 0 Å². The second-order valence-electron chi connectivity index (χ2n) is 4.49. The SMILES string of the molecule is O=C(CSN1NC=C(c2ccncc2)O1)N1CCOCC1. The number of hydrogen-bond donors (Lipinski definition) is 1. The second kappa shape index (κ2) is 6.79. The summed E-state index contributed by atoms with van der Waals surface area (Å²) in [5.41, 5.74) is 3.89. The number of nitrogens with one attached hydrogen (secondary N) is 1. The third-order valence-electron chi connectivity index (χ3n) is 3.12. The molecule has 1 aromatic rings. The van der Waals surface area contributed by atoms with Gasteiger partial charge in [0.1, 0.15) is 0 Å². The maximum Gasteiger partial charge on any atom is 0.234 e. The number of pyridine rings is 1. The van der Waals surface area contributed by atoms with Gasteiger partial charge in [-0.25, -0.2) is 0 Å². The molecule has 0 saturated carbocycles. The van der Waals surface area contributed by atoms with Crippen molar-refractivity contribution in [2.24, 2.45) is 0 Å². The number of carbonyl (C=O) groups excluding carboxylic acids is 1. The van der Waals surface area contributed by atoms with Gasteiger partial charge in [0.2, 0.25) is 5.91 Å². The van der Waals surface area contributed by atoms with Crippen LogP contribution in [-0.2, 0) is 14.4 Å². The predicted molar refractivity (Wildman–Crippen MR) is 78.1 cm³/mol. The molecule has 21 heavy (non-hydrogen) atoms. The summed E-state index contributed by atoms with van der Waals surface area (Å²) in [7, 11) is 0. The van der Waals surface area contributed by atoms with E-state index in [1.54, 1.807) is 18.6 Å². The smallest absolute Gasteiger partial charge is 0.234 e. The maximum absolute atomic E-state index is 12.0. The lowest BCUT2D eigenvalue weighted by molar-refractivity contribution is -0.132. The number of ether oxygens (including phenoxy) is 1. The molecule has 0 bridgehead atoms. The quantitative estimate of drug-likeness (QED) is 0.819. The molecule has 2 aliphatic heterocycles. The van der Waals surface area contributed by atoms with Crippen molar-refractivity contribution < 1.29 is 14.4 Å². The second-order valence-corrected chi connectivity index (χ2v) is 5.37. The molecule has 1 amide bonds. The number of morpholine rings is 1. The molecule has 1 N–H and O–H groups in total. The Morgan fingerprint density at radius 1 is 1.33 bits per heavy atom. The van der Waals surface area contributed by atoms with Crippen molar-refractivity contribution in [3.8, 4) is 0 Å². The van der Waals surface area contributed by atoms with E-state index in [1.165, 1.54) is 16.5 Å². The lowest BCUT2D eigenvalue weighted by Crippen LogP contribution is -2.42. The van der Waals surface area contributed by atoms with Crippen molar-refractivity contribution >= 4 is 23.6 Å². The monoisotopic (exact) mass is 308 g/mol. The molecule has 0 radical (unpaired) electrons. The Balaban J connectivity index is 1.45. The first kappa shape index (κ1) is 14.2. The van der Waals surface area contributed by atoms with Crippen molar-refractivity contribution in [2.75, 3.05) is 32.1 Å². The number of rotatable bonds is 4. The lowest BCUT2D eigenvalue weighted by atomic mass is 10.2. The first-order valence-electron chi connectivity index (χ1n) is 6.66. The minimum absolute atomic E-state index is 0.0889. The molecule has 0 unspecified atom stereocenters. The fourth-order valence-corrected chi connectivity index (χ4v) is 2.66. The molecule has 8 heteroatoms. The van der Waals surface area contributed by atoms with Gasteiger partial charge in [-0.1, -0.05) is 0 Å². The van der Waals surface area contributed by atoms with Crippen molar-refractivity contribution in [3.05, 3.63) is 36.3 Å². The standard InChI is InChI=1S/C13H16N4O3S/c18-13(16-5-7-19-8-6-16)10-21-17-15-9-12(20-17)11-1-3-14-4-2-11/h1-4,9,15H,5-8,10H2. The molecule has 3 rings (SSSR count). The van der Waals surface area contributed by atoms with E-state index in [4.69, 9.17) is 9.57 Å². The minimum atomic E-state index is 0.0889. The summed E-state index contributed by atoms with van der Waals surface area (Å²) < 4.78 is 6.71. The summed E-state index contributed by atoms with van der Waals surface area (Å²) in [5, 5.41) is 0. The van der Waals surface area contributed by atoms with Crippen LogP contribution in [0.3, 0.4) is 0 Å². The van der Waals surface area contributed by atoms with Crippen LogP contribution >= 0.6 is 11.9 Å². The summed E-state index contributed by atoms with van der Waals surface area (Å²) in [4.78, 5) is 23.4. The number of amides is 1. The Hall–Kier alpha value is -1.77. The Morgan fingerprint density at radius 3 is 2.86 bits per heavy atom. The zero-order valence-corrected chi connectivity index (χ0v) is 12.2. The minimum Gasteiger partial charge on any atom is -0.378 e. The molecule has 7 nitrogen and oxygen atoms in total. The van der Waals surface area contributed by atoms with Gasteiger partial charge >= 0.3 is 0 Å². The van der Waals surface area contributed by atoms with Crippen LogP contribution in [0.2, 0.25) is 0 Å². The fraction of sp³-hybridized carbons (Fsp3) is 0.385. The highest BCUT2D eigenvalue weighted by molar-refractivity contribution is 7.97. The summed E-state index contributed by atoms with van der Waals surface area (Å²) in [6.07, 6.45) is 5.16. The number of hydrogen-bond acceptors (Lipinski definition) is 7. The molecule has 0 aliphatic carbocycles. The molecule has 3 heterocycles. The summed E-state index contributed by atoms with van der Waals surface area (Å²) in [5.74, 6) is 1.11. The van der Waals surface area contributed by atoms with E-state index in [0.29, 0.717) is 37.8 Å². The number of carbonyl (C=O) groups is 1. The first-order valence-corrected chi connectivity index (χ1v) is 7.60. The van der Waals surface area contributed by atoms with Gasteiger partial charge in [-0.3, -0.25) is 15.2 Å². The van der Waals surface area contributed by atoms with Crippen molar-refractivity contribution in [1.82, 2.24) is 19.9 Å². The highest BCUT2D eigenvalue weighted by Crippen LogP contribution is 2.24. The summed E-state index contributed by atoms with van der Waals surface area (Å²) in [6, 6.07) is 3.72. The van der Waals surface area contributed by atoms with E-state index >= 15 is 0 Å². The maximum atomic E-state index is 12.0. The van der Waals surface area contributed by atoms with Crippen LogP contribution in [0.15, 0.2) is 30.7 Å². The van der Waals surface area contributed by atoms with Crippen molar-refractivity contribution in [2.45, 2.75) is 0 Å². The molecule has 1 fully saturated rings. The zero-order chi connectivity index (χ0) is 14.5. The molecule has 0 atom stereocenters. The van der Waals surface area contributed by atoms with E-state index < -0.39 is 0 Å². The molecular formula is C13H16N4O3S. The van der Waals surface area contributed by atoms with E-state index in [9.17, 15) is 4.79 Å². The van der Waals surface area contributed by atoms with Gasteiger partial charge in [0.15, 0.2) is 5.76 Å². The van der Waals surface area contributed by atoms with Crippen LogP contribution in [0, 0.1) is 0 Å². The van der Waals surface area contributed by atoms with Crippen LogP contribution in [0.25, 0.3) is 5.76 Å². The normalized spacial score (nSPS) is 18.9. The molecule has 1 aromatic heterocycles. The zero-order valence-electron chi connectivity index (χ0n) is 11.4. The van der Waals surface area contributed by atoms with Crippen molar-refractivity contribution in [3.63, 3.8) is 0 Å². The highest BCUT2D eigenvalue weighted by atomic mass is 32.2. The average molecular weight is 308 g/mol. The van der Waals surface area contributed by atoms with Gasteiger partial charge in [0, 0.05) is 35.6 Å². The van der Waals surface area contributed by atoms with Crippen LogP contribution in [0.4, 0.5) is 0 Å². The molecular weight excluding hydrogens is 292 g/mol. The lowest BCUT2D eigenvalue weighted by Gasteiger charge is -2.27. The van der Waals surface area contributed by atoms with Gasteiger partial charge in [-0.15, -0.1) is 0 Å². The van der Waals surface area contributed by atoms with E-state index in [0.717, 1.165) is 5.56 Å². The van der Waals surface area contributed by atoms with Crippen LogP contribution in [0.1, 0.15) is 5.56 Å². The van der Waals surface area contributed by atoms with Crippen LogP contribution < -0.4 is 5.43 Å². The predicted octanol–water partition coefficient (Wildman–Crippen LogP) is 0.639. The number of hydrazine groups is 1. The molecule has 0 aromatic carbocycles. The summed E-state index contributed by atoms with van der Waals surface area (Å²) in [6.45, 7) is 2.55. The van der Waals surface area contributed by atoms with Crippen molar-refractivity contribution in [1.29, 1.82) is 0 Å². The Bertz CT molecular complexity index is 519. The first-order chi connectivity index (χ1) is 10.3. The fourth-order valence-electron chi connectivity index (χ4n) is 1.99. The van der Waals surface area contributed by atoms with Gasteiger partial charge in [0.25, 0.3) is 0 Å². The topological polar surface area (TPSA) is 66.9 Å². The number of aromatic nitrogens is 1. The third kappa shape index (κ3) is 3.66. The van der Waals surface area contributed by atoms with Gasteiger partial charge < -0.3 is 14.5 Å². The highest BCUT2D eigenvalue weighted by Gasteiger charge is 2.21. The number of nitrogens with zero attached hydrogens (tertiary/aromatic N) is 3. The molecule has 0 spiro atoms. The Morgan fingerprint density at radius 2 is 2.10 bits per heavy atom. The molecule has 112 valence electrons. The van der Waals surface area contributed by atoms with Gasteiger partial charge in [-0.05, 0) is 24.1 Å². The summed E-state index contributed by atoms with van der Waals surface area (Å²) >= 11 is 1.28. The molecule has 1 saturated heterocycles. The van der Waals surface area contributed by atoms with E-state index in [2.05, 4.69) is 10.4 Å². The van der Waals surface area contributed by atoms with E-state index in [-0.39, 0.29) is 5.91 Å². The largest absolute Gasteiger partial charge is 0.378 e. The third-order valence-corrected chi connectivity index (χ3v) is 3.91. The van der Waals surface area contributed by atoms with Gasteiger partial charge in [0.05, 0.1) is 25.2 Å². The van der Waals surface area contributed by atoms with Crippen LogP contribution in [-0.4, -0.2) is 52.4 Å². The Kier molecular flexibility index (Phi) is 4.59.